The topological polar surface area (TPSA) is 58.4 Å². The van der Waals surface area contributed by atoms with Gasteiger partial charge in [0.05, 0.1) is 0 Å². The fraction of sp³-hybridized carbons (Fsp3) is 0.562. The Bertz CT molecular complexity index is 447. The van der Waals surface area contributed by atoms with E-state index in [2.05, 4.69) is 24.3 Å². The van der Waals surface area contributed by atoms with Crippen molar-refractivity contribution in [2.45, 2.75) is 37.6 Å². The predicted molar refractivity (Wildman–Crippen MR) is 82.7 cm³/mol. The van der Waals surface area contributed by atoms with Gasteiger partial charge in [-0.2, -0.15) is 0 Å². The first-order chi connectivity index (χ1) is 9.53. The molecule has 0 aromatic heterocycles. The van der Waals surface area contributed by atoms with E-state index in [9.17, 15) is 4.79 Å². The van der Waals surface area contributed by atoms with E-state index in [0.717, 1.165) is 12.8 Å². The lowest BCUT2D eigenvalue weighted by Gasteiger charge is -2.43. The molecule has 0 radical (unpaired) electrons. The van der Waals surface area contributed by atoms with Gasteiger partial charge in [-0.15, -0.1) is 0 Å². The Balaban J connectivity index is 1.98. The molecular weight excluding hydrogens is 250 g/mol. The Labute approximate surface area is 121 Å². The van der Waals surface area contributed by atoms with Crippen molar-refractivity contribution in [1.82, 2.24) is 10.2 Å². The molecule has 1 aliphatic rings. The third-order valence-corrected chi connectivity index (χ3v) is 4.48. The largest absolute Gasteiger partial charge is 0.399 e. The molecule has 1 aromatic carbocycles. The minimum atomic E-state index is -0.0169. The predicted octanol–water partition coefficient (Wildman–Crippen LogP) is 2.26. The SMILES string of the molecule is CN(C)C1(CNC(=O)c2ccc(N)cc2)CCCCC1. The molecule has 4 nitrogen and oxygen atoms in total. The average Bonchev–Trinajstić information content (AvgIpc) is 2.46. The summed E-state index contributed by atoms with van der Waals surface area (Å²) in [6.07, 6.45) is 6.11. The van der Waals surface area contributed by atoms with Crippen LogP contribution in [0.25, 0.3) is 0 Å². The molecule has 0 atom stereocenters. The Morgan fingerprint density at radius 3 is 2.35 bits per heavy atom. The third-order valence-electron chi connectivity index (χ3n) is 4.48. The quantitative estimate of drug-likeness (QED) is 0.829. The molecule has 2 rings (SSSR count). The van der Waals surface area contributed by atoms with E-state index in [1.807, 2.05) is 0 Å². The van der Waals surface area contributed by atoms with Crippen LogP contribution in [0.4, 0.5) is 5.69 Å². The van der Waals surface area contributed by atoms with Crippen LogP contribution in [0.3, 0.4) is 0 Å². The number of rotatable bonds is 4. The van der Waals surface area contributed by atoms with Crippen molar-refractivity contribution in [3.63, 3.8) is 0 Å². The van der Waals surface area contributed by atoms with Gasteiger partial charge in [0.1, 0.15) is 0 Å². The highest BCUT2D eigenvalue weighted by Gasteiger charge is 2.34. The van der Waals surface area contributed by atoms with Gasteiger partial charge in [0.2, 0.25) is 0 Å². The lowest BCUT2D eigenvalue weighted by Crippen LogP contribution is -2.53. The molecule has 1 fully saturated rings. The number of hydrogen-bond acceptors (Lipinski definition) is 3. The van der Waals surface area contributed by atoms with Gasteiger partial charge in [0, 0.05) is 23.3 Å². The first-order valence-corrected chi connectivity index (χ1v) is 7.35. The Morgan fingerprint density at radius 1 is 1.20 bits per heavy atom. The van der Waals surface area contributed by atoms with Crippen molar-refractivity contribution < 1.29 is 4.79 Å². The van der Waals surface area contributed by atoms with Gasteiger partial charge in [-0.25, -0.2) is 0 Å². The number of nitrogens with one attached hydrogen (secondary N) is 1. The molecule has 0 unspecified atom stereocenters. The zero-order chi connectivity index (χ0) is 14.6. The Morgan fingerprint density at radius 2 is 1.80 bits per heavy atom. The minimum absolute atomic E-state index is 0.0169. The second kappa shape index (κ2) is 6.27. The number of nitrogens with zero attached hydrogens (tertiary/aromatic N) is 1. The average molecular weight is 275 g/mol. The van der Waals surface area contributed by atoms with E-state index in [-0.39, 0.29) is 11.4 Å². The normalized spacial score (nSPS) is 17.9. The standard InChI is InChI=1S/C16H25N3O/c1-19(2)16(10-4-3-5-11-16)12-18-15(20)13-6-8-14(17)9-7-13/h6-9H,3-5,10-12,17H2,1-2H3,(H,18,20). The molecule has 1 aromatic rings. The van der Waals surface area contributed by atoms with E-state index in [1.165, 1.54) is 19.3 Å². The Kier molecular flexibility index (Phi) is 4.65. The van der Waals surface area contributed by atoms with Crippen LogP contribution in [-0.2, 0) is 0 Å². The third kappa shape index (κ3) is 3.31. The molecule has 1 aliphatic carbocycles. The number of benzene rings is 1. The fourth-order valence-electron chi connectivity index (χ4n) is 2.97. The summed E-state index contributed by atoms with van der Waals surface area (Å²) in [7, 11) is 4.22. The highest BCUT2D eigenvalue weighted by Crippen LogP contribution is 2.31. The monoisotopic (exact) mass is 275 g/mol. The molecule has 20 heavy (non-hydrogen) atoms. The summed E-state index contributed by atoms with van der Waals surface area (Å²) >= 11 is 0. The molecule has 0 heterocycles. The van der Waals surface area contributed by atoms with Crippen LogP contribution in [0, 0.1) is 0 Å². The van der Waals surface area contributed by atoms with Crippen molar-refractivity contribution in [2.75, 3.05) is 26.4 Å². The van der Waals surface area contributed by atoms with Gasteiger partial charge < -0.3 is 16.0 Å². The first-order valence-electron chi connectivity index (χ1n) is 7.35. The van der Waals surface area contributed by atoms with Crippen LogP contribution < -0.4 is 11.1 Å². The highest BCUT2D eigenvalue weighted by molar-refractivity contribution is 5.94. The van der Waals surface area contributed by atoms with Crippen LogP contribution in [0.2, 0.25) is 0 Å². The number of carbonyl (C=O) groups is 1. The second-order valence-corrected chi connectivity index (χ2v) is 5.98. The van der Waals surface area contributed by atoms with E-state index in [0.29, 0.717) is 17.8 Å². The van der Waals surface area contributed by atoms with Crippen molar-refractivity contribution in [3.05, 3.63) is 29.8 Å². The number of amides is 1. The molecule has 110 valence electrons. The number of hydrogen-bond donors (Lipinski definition) is 2. The molecule has 1 saturated carbocycles. The maximum Gasteiger partial charge on any atom is 0.251 e. The number of carbonyl (C=O) groups excluding carboxylic acids is 1. The van der Waals surface area contributed by atoms with Gasteiger partial charge in [-0.05, 0) is 51.2 Å². The maximum absolute atomic E-state index is 12.2. The number of anilines is 1. The van der Waals surface area contributed by atoms with Crippen LogP contribution in [0.5, 0.6) is 0 Å². The number of likely N-dealkylation sites (N-methyl/N-ethyl adjacent to an activating group) is 1. The summed E-state index contributed by atoms with van der Waals surface area (Å²) in [6, 6.07) is 7.07. The zero-order valence-corrected chi connectivity index (χ0v) is 12.5. The number of nitrogens with two attached hydrogens (primary N) is 1. The second-order valence-electron chi connectivity index (χ2n) is 5.98. The van der Waals surface area contributed by atoms with Crippen molar-refractivity contribution >= 4 is 11.6 Å². The fourth-order valence-corrected chi connectivity index (χ4v) is 2.97. The van der Waals surface area contributed by atoms with Crippen LogP contribution in [-0.4, -0.2) is 37.0 Å². The molecule has 1 amide bonds. The molecule has 0 saturated heterocycles. The summed E-state index contributed by atoms with van der Waals surface area (Å²) in [4.78, 5) is 14.5. The lowest BCUT2D eigenvalue weighted by atomic mass is 9.80. The van der Waals surface area contributed by atoms with Gasteiger partial charge in [-0.1, -0.05) is 19.3 Å². The molecule has 3 N–H and O–H groups in total. The maximum atomic E-state index is 12.2. The number of nitrogen functional groups attached to an aromatic ring is 1. The van der Waals surface area contributed by atoms with Gasteiger partial charge >= 0.3 is 0 Å². The van der Waals surface area contributed by atoms with Crippen LogP contribution in [0.1, 0.15) is 42.5 Å². The summed E-state index contributed by atoms with van der Waals surface area (Å²) in [5, 5.41) is 3.09. The summed E-state index contributed by atoms with van der Waals surface area (Å²) in [5.74, 6) is -0.0169. The van der Waals surface area contributed by atoms with Gasteiger partial charge in [0.15, 0.2) is 0 Å². The molecular formula is C16H25N3O. The smallest absolute Gasteiger partial charge is 0.251 e. The van der Waals surface area contributed by atoms with Crippen molar-refractivity contribution in [1.29, 1.82) is 0 Å². The summed E-state index contributed by atoms with van der Waals surface area (Å²) < 4.78 is 0. The highest BCUT2D eigenvalue weighted by atomic mass is 16.1. The van der Waals surface area contributed by atoms with Crippen LogP contribution >= 0.6 is 0 Å². The van der Waals surface area contributed by atoms with E-state index in [1.54, 1.807) is 24.3 Å². The molecule has 0 bridgehead atoms. The van der Waals surface area contributed by atoms with Crippen molar-refractivity contribution in [3.8, 4) is 0 Å². The summed E-state index contributed by atoms with van der Waals surface area (Å²) in [5.41, 5.74) is 7.10. The zero-order valence-electron chi connectivity index (χ0n) is 12.5. The van der Waals surface area contributed by atoms with E-state index >= 15 is 0 Å². The van der Waals surface area contributed by atoms with Crippen molar-refractivity contribution in [2.24, 2.45) is 0 Å². The first kappa shape index (κ1) is 14.9. The summed E-state index contributed by atoms with van der Waals surface area (Å²) in [6.45, 7) is 0.712. The van der Waals surface area contributed by atoms with E-state index < -0.39 is 0 Å². The molecule has 0 aliphatic heterocycles. The minimum Gasteiger partial charge on any atom is -0.399 e. The Hall–Kier alpha value is -1.55. The van der Waals surface area contributed by atoms with Gasteiger partial charge in [0.25, 0.3) is 5.91 Å². The lowest BCUT2D eigenvalue weighted by molar-refractivity contribution is 0.0799. The molecule has 0 spiro atoms. The van der Waals surface area contributed by atoms with E-state index in [4.69, 9.17) is 5.73 Å². The van der Waals surface area contributed by atoms with Crippen LogP contribution in [0.15, 0.2) is 24.3 Å². The van der Waals surface area contributed by atoms with Gasteiger partial charge in [-0.3, -0.25) is 4.79 Å². The molecule has 4 heteroatoms.